The number of nitrogens with one attached hydrogen (secondary N) is 2. The first-order valence-electron chi connectivity index (χ1n) is 8.95. The molecule has 2 rings (SSSR count). The third kappa shape index (κ3) is 7.62. The average molecular weight is 484 g/mol. The van der Waals surface area contributed by atoms with Gasteiger partial charge in [-0.2, -0.15) is 0 Å². The minimum Gasteiger partial charge on any atom is -0.467 e. The van der Waals surface area contributed by atoms with E-state index >= 15 is 0 Å². The third-order valence-corrected chi connectivity index (χ3v) is 4.06. The normalized spacial score (nSPS) is 10.9. The number of carbonyl (C=O) groups is 1. The van der Waals surface area contributed by atoms with E-state index in [0.717, 1.165) is 36.7 Å². The number of nitrogens with zero attached hydrogens (tertiary/aromatic N) is 2. The smallest absolute Gasteiger partial charge is 0.251 e. The van der Waals surface area contributed by atoms with Crippen LogP contribution < -0.4 is 10.6 Å². The lowest BCUT2D eigenvalue weighted by atomic mass is 10.1. The highest BCUT2D eigenvalue weighted by molar-refractivity contribution is 14.0. The van der Waals surface area contributed by atoms with E-state index in [1.165, 1.54) is 0 Å². The van der Waals surface area contributed by atoms with E-state index in [0.29, 0.717) is 18.7 Å². The third-order valence-electron chi connectivity index (χ3n) is 4.06. The molecule has 0 spiro atoms. The predicted molar refractivity (Wildman–Crippen MR) is 119 cm³/mol. The number of carbonyl (C=O) groups excluding carboxylic acids is 1. The maximum Gasteiger partial charge on any atom is 0.251 e. The Morgan fingerprint density at radius 3 is 2.67 bits per heavy atom. The van der Waals surface area contributed by atoms with Gasteiger partial charge in [-0.25, -0.2) is 0 Å². The Labute approximate surface area is 178 Å². The summed E-state index contributed by atoms with van der Waals surface area (Å²) in [6.07, 6.45) is 3.87. The second-order valence-corrected chi connectivity index (χ2v) is 6.14. The fourth-order valence-electron chi connectivity index (χ4n) is 2.57. The second kappa shape index (κ2) is 12.4. The van der Waals surface area contributed by atoms with Crippen molar-refractivity contribution in [3.63, 3.8) is 0 Å². The minimum absolute atomic E-state index is 0. The summed E-state index contributed by atoms with van der Waals surface area (Å²) in [5.74, 6) is 1.47. The molecule has 1 amide bonds. The van der Waals surface area contributed by atoms with E-state index in [9.17, 15) is 4.79 Å². The zero-order chi connectivity index (χ0) is 18.8. The van der Waals surface area contributed by atoms with Gasteiger partial charge < -0.3 is 20.0 Å². The molecular weight excluding hydrogens is 455 g/mol. The first kappa shape index (κ1) is 23.0. The van der Waals surface area contributed by atoms with Crippen molar-refractivity contribution in [1.82, 2.24) is 15.5 Å². The monoisotopic (exact) mass is 484 g/mol. The fraction of sp³-hybridized carbons (Fsp3) is 0.400. The van der Waals surface area contributed by atoms with Crippen LogP contribution in [0.1, 0.15) is 41.4 Å². The molecule has 2 N–H and O–H groups in total. The molecule has 0 unspecified atom stereocenters. The quantitative estimate of drug-likeness (QED) is 0.341. The van der Waals surface area contributed by atoms with Gasteiger partial charge in [-0.1, -0.05) is 25.5 Å². The maximum absolute atomic E-state index is 12.3. The molecule has 0 atom stereocenters. The standard InChI is InChI=1S/C20H28N4O2.HI/c1-4-5-11-24(3)20(21-2)23-14-16-8-6-9-17(13-16)19(25)22-15-18-10-7-12-26-18;/h6-10,12-13H,4-5,11,14-15H2,1-3H3,(H,21,23)(H,22,25);1H. The molecule has 0 bridgehead atoms. The van der Waals surface area contributed by atoms with Gasteiger partial charge in [0.1, 0.15) is 5.76 Å². The van der Waals surface area contributed by atoms with Gasteiger partial charge in [0.2, 0.25) is 0 Å². The van der Waals surface area contributed by atoms with Gasteiger partial charge in [0.25, 0.3) is 5.91 Å². The van der Waals surface area contributed by atoms with Crippen LogP contribution in [0.5, 0.6) is 0 Å². The molecule has 1 aromatic heterocycles. The summed E-state index contributed by atoms with van der Waals surface area (Å²) in [5, 5.41) is 6.21. The van der Waals surface area contributed by atoms with Crippen LogP contribution in [-0.4, -0.2) is 37.4 Å². The Hall–Kier alpha value is -2.03. The number of furan rings is 1. The molecule has 0 aliphatic heterocycles. The summed E-state index contributed by atoms with van der Waals surface area (Å²) >= 11 is 0. The number of amides is 1. The molecule has 0 aliphatic rings. The molecule has 0 saturated heterocycles. The van der Waals surface area contributed by atoms with Crippen molar-refractivity contribution < 1.29 is 9.21 Å². The first-order chi connectivity index (χ1) is 12.6. The highest BCUT2D eigenvalue weighted by Crippen LogP contribution is 2.07. The zero-order valence-electron chi connectivity index (χ0n) is 16.2. The highest BCUT2D eigenvalue weighted by Gasteiger charge is 2.08. The highest BCUT2D eigenvalue weighted by atomic mass is 127. The number of guanidine groups is 1. The molecule has 1 heterocycles. The van der Waals surface area contributed by atoms with Crippen LogP contribution >= 0.6 is 24.0 Å². The molecule has 0 aliphatic carbocycles. The number of hydrogen-bond acceptors (Lipinski definition) is 3. The second-order valence-electron chi connectivity index (χ2n) is 6.14. The summed E-state index contributed by atoms with van der Waals surface area (Å²) < 4.78 is 5.23. The predicted octanol–water partition coefficient (Wildman–Crippen LogP) is 3.63. The molecular formula is C20H29IN4O2. The van der Waals surface area contributed by atoms with E-state index < -0.39 is 0 Å². The summed E-state index contributed by atoms with van der Waals surface area (Å²) in [6, 6.07) is 11.2. The van der Waals surface area contributed by atoms with Gasteiger partial charge in [0.15, 0.2) is 5.96 Å². The number of hydrogen-bond donors (Lipinski definition) is 2. The molecule has 6 nitrogen and oxygen atoms in total. The van der Waals surface area contributed by atoms with Gasteiger partial charge in [0.05, 0.1) is 12.8 Å². The fourth-order valence-corrected chi connectivity index (χ4v) is 2.57. The first-order valence-corrected chi connectivity index (χ1v) is 8.95. The van der Waals surface area contributed by atoms with E-state index in [2.05, 4.69) is 27.4 Å². The number of halogens is 1. The van der Waals surface area contributed by atoms with Crippen molar-refractivity contribution >= 4 is 35.8 Å². The van der Waals surface area contributed by atoms with Crippen LogP contribution in [0.4, 0.5) is 0 Å². The number of benzene rings is 1. The number of aliphatic imine (C=N–C) groups is 1. The van der Waals surface area contributed by atoms with Gasteiger partial charge in [0, 0.05) is 32.7 Å². The van der Waals surface area contributed by atoms with Crippen LogP contribution in [-0.2, 0) is 13.1 Å². The Kier molecular flexibility index (Phi) is 10.5. The molecule has 0 saturated carbocycles. The number of rotatable bonds is 8. The Bertz CT molecular complexity index is 717. The topological polar surface area (TPSA) is 69.9 Å². The van der Waals surface area contributed by atoms with E-state index in [1.54, 1.807) is 19.4 Å². The van der Waals surface area contributed by atoms with E-state index in [4.69, 9.17) is 4.42 Å². The summed E-state index contributed by atoms with van der Waals surface area (Å²) in [4.78, 5) is 18.7. The van der Waals surface area contributed by atoms with Crippen molar-refractivity contribution in [2.24, 2.45) is 4.99 Å². The van der Waals surface area contributed by atoms with Crippen molar-refractivity contribution in [1.29, 1.82) is 0 Å². The maximum atomic E-state index is 12.3. The zero-order valence-corrected chi connectivity index (χ0v) is 18.5. The van der Waals surface area contributed by atoms with Crippen LogP contribution in [0, 0.1) is 0 Å². The lowest BCUT2D eigenvalue weighted by molar-refractivity contribution is 0.0948. The molecule has 2 aromatic rings. The van der Waals surface area contributed by atoms with Crippen LogP contribution in [0.2, 0.25) is 0 Å². The molecule has 7 heteroatoms. The molecule has 1 aromatic carbocycles. The van der Waals surface area contributed by atoms with Crippen molar-refractivity contribution in [2.45, 2.75) is 32.9 Å². The van der Waals surface area contributed by atoms with Gasteiger partial charge in [-0.3, -0.25) is 9.79 Å². The van der Waals surface area contributed by atoms with Crippen LogP contribution in [0.3, 0.4) is 0 Å². The number of unbranched alkanes of at least 4 members (excludes halogenated alkanes) is 1. The summed E-state index contributed by atoms with van der Waals surface area (Å²) in [7, 11) is 3.81. The molecule has 27 heavy (non-hydrogen) atoms. The largest absolute Gasteiger partial charge is 0.467 e. The lowest BCUT2D eigenvalue weighted by Crippen LogP contribution is -2.39. The Morgan fingerprint density at radius 1 is 1.19 bits per heavy atom. The lowest BCUT2D eigenvalue weighted by Gasteiger charge is -2.22. The Balaban J connectivity index is 0.00000364. The van der Waals surface area contributed by atoms with Gasteiger partial charge in [-0.15, -0.1) is 24.0 Å². The van der Waals surface area contributed by atoms with Gasteiger partial charge >= 0.3 is 0 Å². The molecule has 0 fully saturated rings. The van der Waals surface area contributed by atoms with Crippen LogP contribution in [0.25, 0.3) is 0 Å². The van der Waals surface area contributed by atoms with Crippen molar-refractivity contribution in [3.8, 4) is 0 Å². The van der Waals surface area contributed by atoms with Crippen molar-refractivity contribution in [2.75, 3.05) is 20.6 Å². The van der Waals surface area contributed by atoms with E-state index in [1.807, 2.05) is 37.4 Å². The average Bonchev–Trinajstić information content (AvgIpc) is 3.18. The van der Waals surface area contributed by atoms with Crippen molar-refractivity contribution in [3.05, 3.63) is 59.5 Å². The van der Waals surface area contributed by atoms with Gasteiger partial charge in [-0.05, 0) is 36.2 Å². The molecule has 0 radical (unpaired) electrons. The van der Waals surface area contributed by atoms with Crippen LogP contribution in [0.15, 0.2) is 52.1 Å². The summed E-state index contributed by atoms with van der Waals surface area (Å²) in [6.45, 7) is 4.13. The SMILES string of the molecule is CCCCN(C)C(=NC)NCc1cccc(C(=O)NCc2ccco2)c1.I. The molecule has 148 valence electrons. The Morgan fingerprint density at radius 2 is 2.00 bits per heavy atom. The summed E-state index contributed by atoms with van der Waals surface area (Å²) in [5.41, 5.74) is 1.66. The van der Waals surface area contributed by atoms with E-state index in [-0.39, 0.29) is 29.9 Å². The minimum atomic E-state index is -0.118.